The van der Waals surface area contributed by atoms with E-state index in [0.29, 0.717) is 5.95 Å². The van der Waals surface area contributed by atoms with E-state index in [9.17, 15) is 9.90 Å². The maximum atomic E-state index is 12.3. The number of rotatable bonds is 5. The van der Waals surface area contributed by atoms with Gasteiger partial charge in [0, 0.05) is 37.6 Å². The van der Waals surface area contributed by atoms with Crippen LogP contribution in [-0.4, -0.2) is 50.1 Å². The largest absolute Gasteiger partial charge is 0.391 e. The Balaban J connectivity index is 1.52. The molecule has 28 heavy (non-hydrogen) atoms. The smallest absolute Gasteiger partial charge is 0.267 e. The normalized spacial score (nSPS) is 25.1. The minimum Gasteiger partial charge on any atom is -0.391 e. The minimum atomic E-state index is -0.488. The molecule has 0 aromatic carbocycles. The number of aryl methyl sites for hydroxylation is 1. The van der Waals surface area contributed by atoms with Gasteiger partial charge in [0.1, 0.15) is 5.82 Å². The maximum Gasteiger partial charge on any atom is 0.267 e. The van der Waals surface area contributed by atoms with E-state index in [1.807, 2.05) is 6.92 Å². The third-order valence-electron chi connectivity index (χ3n) is 5.77. The van der Waals surface area contributed by atoms with Crippen molar-refractivity contribution in [2.45, 2.75) is 63.6 Å². The second kappa shape index (κ2) is 8.26. The molecule has 0 spiro atoms. The van der Waals surface area contributed by atoms with Crippen LogP contribution in [0.25, 0.3) is 0 Å². The number of nitrogens with one attached hydrogen (secondary N) is 1. The molecular formula is C20H28N6O2. The van der Waals surface area contributed by atoms with Crippen LogP contribution in [0.2, 0.25) is 0 Å². The van der Waals surface area contributed by atoms with Gasteiger partial charge in [-0.1, -0.05) is 0 Å². The topological polar surface area (TPSA) is 96.2 Å². The molecule has 3 unspecified atom stereocenters. The van der Waals surface area contributed by atoms with Crippen molar-refractivity contribution in [3.05, 3.63) is 40.4 Å². The zero-order valence-corrected chi connectivity index (χ0v) is 16.3. The highest BCUT2D eigenvalue weighted by Gasteiger charge is 2.30. The Morgan fingerprint density at radius 2 is 1.96 bits per heavy atom. The summed E-state index contributed by atoms with van der Waals surface area (Å²) in [6.45, 7) is 3.59. The van der Waals surface area contributed by atoms with Crippen molar-refractivity contribution < 1.29 is 5.11 Å². The summed E-state index contributed by atoms with van der Waals surface area (Å²) in [6.07, 6.45) is 8.89. The number of anilines is 2. The molecule has 1 aliphatic carbocycles. The second-order valence-electron chi connectivity index (χ2n) is 7.85. The van der Waals surface area contributed by atoms with Crippen LogP contribution in [0.1, 0.15) is 50.1 Å². The predicted molar refractivity (Wildman–Crippen MR) is 108 cm³/mol. The van der Waals surface area contributed by atoms with E-state index in [0.717, 1.165) is 56.6 Å². The summed E-state index contributed by atoms with van der Waals surface area (Å²) >= 11 is 0. The molecule has 1 saturated heterocycles. The molecule has 2 aromatic rings. The summed E-state index contributed by atoms with van der Waals surface area (Å²) in [5.74, 6) is 1.43. The number of nitrogens with zero attached hydrogens (tertiary/aromatic N) is 5. The molecule has 0 amide bonds. The molecule has 8 nitrogen and oxygen atoms in total. The third kappa shape index (κ3) is 4.01. The van der Waals surface area contributed by atoms with Crippen molar-refractivity contribution in [3.8, 4) is 0 Å². The van der Waals surface area contributed by atoms with E-state index in [4.69, 9.17) is 0 Å². The lowest BCUT2D eigenvalue weighted by molar-refractivity contribution is 0.127. The van der Waals surface area contributed by atoms with E-state index in [1.54, 1.807) is 24.5 Å². The average molecular weight is 384 g/mol. The molecule has 3 heterocycles. The zero-order valence-electron chi connectivity index (χ0n) is 16.3. The Morgan fingerprint density at radius 1 is 1.14 bits per heavy atom. The fraction of sp³-hybridized carbons (Fsp3) is 0.600. The first-order valence-electron chi connectivity index (χ1n) is 10.2. The molecule has 2 N–H and O–H groups in total. The molecular weight excluding hydrogens is 356 g/mol. The molecule has 4 rings (SSSR count). The molecule has 1 saturated carbocycles. The quantitative estimate of drug-likeness (QED) is 0.813. The van der Waals surface area contributed by atoms with E-state index in [2.05, 4.69) is 25.3 Å². The van der Waals surface area contributed by atoms with Crippen LogP contribution in [0, 0.1) is 6.92 Å². The fourth-order valence-corrected chi connectivity index (χ4v) is 4.22. The molecule has 8 heteroatoms. The zero-order chi connectivity index (χ0) is 19.5. The summed E-state index contributed by atoms with van der Waals surface area (Å²) in [5.41, 5.74) is 0.889. The van der Waals surface area contributed by atoms with E-state index in [-0.39, 0.29) is 17.6 Å². The van der Waals surface area contributed by atoms with Crippen LogP contribution in [-0.2, 0) is 0 Å². The Kier molecular flexibility index (Phi) is 5.57. The summed E-state index contributed by atoms with van der Waals surface area (Å²) in [6, 6.07) is 3.43. The van der Waals surface area contributed by atoms with Crippen LogP contribution < -0.4 is 15.8 Å². The first-order chi connectivity index (χ1) is 13.6. The van der Waals surface area contributed by atoms with Gasteiger partial charge in [0.05, 0.1) is 12.1 Å². The Bertz CT molecular complexity index is 853. The minimum absolute atomic E-state index is 0.144. The van der Waals surface area contributed by atoms with Crippen LogP contribution >= 0.6 is 0 Å². The number of aliphatic hydroxyl groups excluding tert-OH is 1. The highest BCUT2D eigenvalue weighted by atomic mass is 16.3. The van der Waals surface area contributed by atoms with Gasteiger partial charge in [0.15, 0.2) is 0 Å². The Labute approximate surface area is 164 Å². The predicted octanol–water partition coefficient (Wildman–Crippen LogP) is 1.90. The van der Waals surface area contributed by atoms with Crippen molar-refractivity contribution in [3.63, 3.8) is 0 Å². The van der Waals surface area contributed by atoms with Gasteiger partial charge in [-0.3, -0.25) is 4.79 Å². The standard InChI is InChI=1S/C20H28N6O2/c1-14-11-21-20(22-12-14)23-13-15-5-2-3-10-25(15)18-8-9-19(28)26(24-18)16-6-4-7-17(16)27/h8-9,11-12,15-17,27H,2-7,10,13H2,1H3,(H,21,22,23). The summed E-state index contributed by atoms with van der Waals surface area (Å²) in [7, 11) is 0. The molecule has 0 radical (unpaired) electrons. The summed E-state index contributed by atoms with van der Waals surface area (Å²) in [4.78, 5) is 23.2. The molecule has 1 aliphatic heterocycles. The number of aromatic nitrogens is 4. The van der Waals surface area contributed by atoms with E-state index < -0.39 is 6.10 Å². The summed E-state index contributed by atoms with van der Waals surface area (Å²) in [5, 5.41) is 18.2. The van der Waals surface area contributed by atoms with E-state index in [1.165, 1.54) is 11.1 Å². The Hall–Kier alpha value is -2.48. The van der Waals surface area contributed by atoms with Crippen molar-refractivity contribution in [1.29, 1.82) is 0 Å². The van der Waals surface area contributed by atoms with Crippen LogP contribution in [0.3, 0.4) is 0 Å². The fourth-order valence-electron chi connectivity index (χ4n) is 4.22. The lowest BCUT2D eigenvalue weighted by Gasteiger charge is -2.37. The molecule has 2 aromatic heterocycles. The van der Waals surface area contributed by atoms with Gasteiger partial charge in [-0.25, -0.2) is 14.6 Å². The summed E-state index contributed by atoms with van der Waals surface area (Å²) < 4.78 is 1.50. The Morgan fingerprint density at radius 3 is 2.71 bits per heavy atom. The number of aliphatic hydroxyl groups is 1. The van der Waals surface area contributed by atoms with Gasteiger partial charge >= 0.3 is 0 Å². The van der Waals surface area contributed by atoms with Crippen molar-refractivity contribution in [2.24, 2.45) is 0 Å². The van der Waals surface area contributed by atoms with Gasteiger partial charge in [-0.15, -0.1) is 0 Å². The lowest BCUT2D eigenvalue weighted by Crippen LogP contribution is -2.45. The van der Waals surface area contributed by atoms with Crippen molar-refractivity contribution >= 4 is 11.8 Å². The molecule has 3 atom stereocenters. The molecule has 2 aliphatic rings. The first kappa shape index (κ1) is 18.9. The number of hydrogen-bond acceptors (Lipinski definition) is 7. The van der Waals surface area contributed by atoms with Crippen LogP contribution in [0.4, 0.5) is 11.8 Å². The van der Waals surface area contributed by atoms with Gasteiger partial charge < -0.3 is 15.3 Å². The van der Waals surface area contributed by atoms with Gasteiger partial charge in [-0.2, -0.15) is 5.10 Å². The monoisotopic (exact) mass is 384 g/mol. The highest BCUT2D eigenvalue weighted by molar-refractivity contribution is 5.40. The van der Waals surface area contributed by atoms with Gasteiger partial charge in [-0.05, 0) is 57.1 Å². The van der Waals surface area contributed by atoms with Crippen molar-refractivity contribution in [2.75, 3.05) is 23.3 Å². The third-order valence-corrected chi connectivity index (χ3v) is 5.77. The highest BCUT2D eigenvalue weighted by Crippen LogP contribution is 2.29. The number of hydrogen-bond donors (Lipinski definition) is 2. The van der Waals surface area contributed by atoms with Crippen LogP contribution in [0.5, 0.6) is 0 Å². The molecule has 0 bridgehead atoms. The van der Waals surface area contributed by atoms with Crippen LogP contribution in [0.15, 0.2) is 29.3 Å². The molecule has 2 fully saturated rings. The molecule has 150 valence electrons. The average Bonchev–Trinajstić information content (AvgIpc) is 3.14. The maximum absolute atomic E-state index is 12.3. The number of piperidine rings is 1. The van der Waals surface area contributed by atoms with Crippen molar-refractivity contribution in [1.82, 2.24) is 19.7 Å². The first-order valence-corrected chi connectivity index (χ1v) is 10.2. The van der Waals surface area contributed by atoms with Gasteiger partial charge in [0.2, 0.25) is 5.95 Å². The van der Waals surface area contributed by atoms with Gasteiger partial charge in [0.25, 0.3) is 5.56 Å². The van der Waals surface area contributed by atoms with E-state index >= 15 is 0 Å². The SMILES string of the molecule is Cc1cnc(NCC2CCCCN2c2ccc(=O)n(C3CCCC3O)n2)nc1. The second-order valence-corrected chi connectivity index (χ2v) is 7.85. The lowest BCUT2D eigenvalue weighted by atomic mass is 10.0.